The van der Waals surface area contributed by atoms with E-state index >= 15 is 0 Å². The fourth-order valence-electron chi connectivity index (χ4n) is 4.69. The van der Waals surface area contributed by atoms with E-state index in [2.05, 4.69) is 64.3 Å². The molecule has 2 aromatic rings. The van der Waals surface area contributed by atoms with Crippen LogP contribution in [-0.4, -0.2) is 69.1 Å². The Morgan fingerprint density at radius 2 is 0.846 bits per heavy atom. The molecule has 0 spiro atoms. The van der Waals surface area contributed by atoms with Gasteiger partial charge in [0.1, 0.15) is 12.1 Å². The van der Waals surface area contributed by atoms with Gasteiger partial charge in [-0.15, -0.1) is 48.5 Å². The molecule has 6 rings (SSSR count). The first-order chi connectivity index (χ1) is 23.6. The van der Waals surface area contributed by atoms with E-state index in [0.29, 0.717) is 0 Å². The van der Waals surface area contributed by atoms with Crippen LogP contribution in [0.2, 0.25) is 0 Å². The molecule has 0 aromatic heterocycles. The van der Waals surface area contributed by atoms with Crippen molar-refractivity contribution in [2.75, 3.05) is 0 Å². The molecular formula is C38H48N4O8Y2-4. The summed E-state index contributed by atoms with van der Waals surface area (Å²) in [4.78, 5) is 96.1. The molecule has 0 saturated carbocycles. The number of hydrogen-bond acceptors (Lipinski definition) is 8. The molecule has 2 fully saturated rings. The van der Waals surface area contributed by atoms with Crippen molar-refractivity contribution in [2.45, 2.75) is 107 Å². The van der Waals surface area contributed by atoms with Gasteiger partial charge in [0.05, 0.1) is 0 Å². The van der Waals surface area contributed by atoms with Gasteiger partial charge in [-0.25, -0.2) is 0 Å². The van der Waals surface area contributed by atoms with Crippen LogP contribution in [0.5, 0.6) is 0 Å². The Bertz CT molecular complexity index is 1390. The van der Waals surface area contributed by atoms with Gasteiger partial charge in [0.25, 0.3) is 0 Å². The molecule has 52 heavy (non-hydrogen) atoms. The number of benzene rings is 2. The smallest absolute Gasteiger partial charge is 0.249 e. The van der Waals surface area contributed by atoms with E-state index < -0.39 is 47.5 Å². The molecular weight excluding hydrogens is 818 g/mol. The summed E-state index contributed by atoms with van der Waals surface area (Å²) >= 11 is 0. The average Bonchev–Trinajstić information content (AvgIpc) is 3.47. The SMILES string of the molecule is CC.CC.C[C-](C)C.C[C-](C)C.O=C1CCC(N2C(=O)c3[c-]cccc3C2=O)C(=O)N1.O=C1CCC(N2C(=O)c3[c-]cccc3C2=O)C(=O)N1.[Y].[Y]. The number of amides is 8. The Morgan fingerprint density at radius 1 is 0.558 bits per heavy atom. The molecule has 2 atom stereocenters. The predicted molar refractivity (Wildman–Crippen MR) is 187 cm³/mol. The first kappa shape index (κ1) is 51.3. The number of hydrogen-bond donors (Lipinski definition) is 2. The molecule has 4 aliphatic heterocycles. The molecule has 2 N–H and O–H groups in total. The third-order valence-corrected chi connectivity index (χ3v) is 6.52. The van der Waals surface area contributed by atoms with E-state index in [4.69, 9.17) is 0 Å². The van der Waals surface area contributed by atoms with Crippen LogP contribution in [0.4, 0.5) is 0 Å². The van der Waals surface area contributed by atoms with Gasteiger partial charge in [-0.1, -0.05) is 38.8 Å². The molecule has 2 radical (unpaired) electrons. The van der Waals surface area contributed by atoms with Gasteiger partial charge < -0.3 is 31.2 Å². The van der Waals surface area contributed by atoms with Crippen LogP contribution in [0, 0.1) is 24.0 Å². The van der Waals surface area contributed by atoms with Gasteiger partial charge in [0.15, 0.2) is 11.8 Å². The van der Waals surface area contributed by atoms with E-state index in [1.54, 1.807) is 12.1 Å². The third-order valence-electron chi connectivity index (χ3n) is 6.52. The number of fused-ring (bicyclic) bond motifs is 2. The quantitative estimate of drug-likeness (QED) is 0.312. The van der Waals surface area contributed by atoms with Gasteiger partial charge in [0, 0.05) is 78.3 Å². The van der Waals surface area contributed by atoms with Crippen LogP contribution in [0.25, 0.3) is 0 Å². The first-order valence-corrected chi connectivity index (χ1v) is 16.6. The third kappa shape index (κ3) is 13.9. The standard InChI is InChI=1S/2C13H9N2O4.2C4H9.2C2H6.2Y/c2*16-10-6-5-9(11(17)14-10)15-12(18)7-3-1-2-4-8(7)13(15)19;2*1-4(2)3;2*1-2;;/h2*1-3,9H,5-6H2,(H,14,16,17);2*1-3H3;2*1-2H3;;/q4*-1;;;;. The fourth-order valence-corrected chi connectivity index (χ4v) is 4.69. The molecule has 2 saturated heterocycles. The molecule has 2 unspecified atom stereocenters. The molecule has 2 aromatic carbocycles. The molecule has 4 aliphatic rings. The number of piperidine rings is 2. The van der Waals surface area contributed by atoms with E-state index in [1.807, 2.05) is 27.7 Å². The van der Waals surface area contributed by atoms with Crippen LogP contribution in [-0.2, 0) is 84.6 Å². The summed E-state index contributed by atoms with van der Waals surface area (Å²) in [6, 6.07) is 12.9. The Balaban J connectivity index is 0. The average molecular weight is 867 g/mol. The van der Waals surface area contributed by atoms with E-state index in [1.165, 1.54) is 36.1 Å². The van der Waals surface area contributed by atoms with Gasteiger partial charge >= 0.3 is 0 Å². The van der Waals surface area contributed by atoms with Crippen molar-refractivity contribution >= 4 is 47.3 Å². The summed E-state index contributed by atoms with van der Waals surface area (Å²) in [5.74, 6) is -1.23. The second-order valence-corrected chi connectivity index (χ2v) is 11.8. The zero-order valence-electron chi connectivity index (χ0n) is 31.8. The topological polar surface area (TPSA) is 167 Å². The van der Waals surface area contributed by atoms with Gasteiger partial charge in [-0.3, -0.25) is 39.4 Å². The minimum atomic E-state index is -0.918. The Kier molecular flexibility index (Phi) is 24.9. The van der Waals surface area contributed by atoms with Crippen LogP contribution in [0.1, 0.15) is 136 Å². The minimum Gasteiger partial charge on any atom is -0.327 e. The number of carbonyl (C=O) groups excluding carboxylic acids is 8. The Labute approximate surface area is 358 Å². The molecule has 4 heterocycles. The van der Waals surface area contributed by atoms with Crippen molar-refractivity contribution in [3.05, 3.63) is 82.6 Å². The zero-order valence-corrected chi connectivity index (χ0v) is 37.4. The second kappa shape index (κ2) is 25.3. The number of nitrogens with one attached hydrogen (secondary N) is 2. The second-order valence-electron chi connectivity index (χ2n) is 11.8. The summed E-state index contributed by atoms with van der Waals surface area (Å²) in [6.07, 6.45) is 0.563. The maximum Gasteiger partial charge on any atom is 0.249 e. The summed E-state index contributed by atoms with van der Waals surface area (Å²) in [6.45, 7) is 20.5. The van der Waals surface area contributed by atoms with Crippen LogP contribution >= 0.6 is 0 Å². The van der Waals surface area contributed by atoms with Crippen molar-refractivity contribution in [3.8, 4) is 0 Å². The van der Waals surface area contributed by atoms with Crippen molar-refractivity contribution < 1.29 is 104 Å². The maximum absolute atomic E-state index is 12.2. The van der Waals surface area contributed by atoms with Crippen LogP contribution in [0.3, 0.4) is 0 Å². The summed E-state index contributed by atoms with van der Waals surface area (Å²) < 4.78 is 0. The normalized spacial score (nSPS) is 18.1. The fraction of sp³-hybridized carbons (Fsp3) is 0.421. The molecule has 12 nitrogen and oxygen atoms in total. The Morgan fingerprint density at radius 3 is 1.10 bits per heavy atom. The molecule has 278 valence electrons. The summed E-state index contributed by atoms with van der Waals surface area (Å²) in [7, 11) is 0. The monoisotopic (exact) mass is 866 g/mol. The largest absolute Gasteiger partial charge is 0.327 e. The molecule has 0 bridgehead atoms. The van der Waals surface area contributed by atoms with Crippen molar-refractivity contribution in [1.29, 1.82) is 0 Å². The van der Waals surface area contributed by atoms with E-state index in [-0.39, 0.29) is 125 Å². The summed E-state index contributed by atoms with van der Waals surface area (Å²) in [5, 5.41) is 4.28. The minimum absolute atomic E-state index is 0. The van der Waals surface area contributed by atoms with Gasteiger partial charge in [-0.05, 0) is 24.0 Å². The summed E-state index contributed by atoms with van der Waals surface area (Å²) in [5.41, 5.74) is 0.851. The molecule has 8 amide bonds. The van der Waals surface area contributed by atoms with Gasteiger partial charge in [0.2, 0.25) is 35.4 Å². The van der Waals surface area contributed by atoms with E-state index in [9.17, 15) is 38.4 Å². The van der Waals surface area contributed by atoms with Crippen molar-refractivity contribution in [3.63, 3.8) is 0 Å². The first-order valence-electron chi connectivity index (χ1n) is 16.6. The van der Waals surface area contributed by atoms with Crippen molar-refractivity contribution in [1.82, 2.24) is 20.4 Å². The van der Waals surface area contributed by atoms with Gasteiger partial charge in [-0.2, -0.15) is 41.5 Å². The van der Waals surface area contributed by atoms with E-state index in [0.717, 1.165) is 9.80 Å². The maximum atomic E-state index is 12.2. The predicted octanol–water partition coefficient (Wildman–Crippen LogP) is 5.06. The number of rotatable bonds is 2. The number of imide groups is 4. The number of nitrogens with zero attached hydrogens (tertiary/aromatic N) is 2. The Hall–Kier alpha value is -2.79. The van der Waals surface area contributed by atoms with Crippen LogP contribution in [0.15, 0.2) is 36.4 Å². The molecule has 14 heteroatoms. The number of carbonyl (C=O) groups is 8. The van der Waals surface area contributed by atoms with Crippen molar-refractivity contribution in [2.24, 2.45) is 0 Å². The molecule has 0 aliphatic carbocycles. The van der Waals surface area contributed by atoms with Crippen LogP contribution < -0.4 is 10.6 Å². The zero-order chi connectivity index (χ0) is 38.3.